The highest BCUT2D eigenvalue weighted by Crippen LogP contribution is 2.33. The number of phenolic OH excluding ortho intramolecular Hbond substituents is 1. The third kappa shape index (κ3) is 3.28. The van der Waals surface area contributed by atoms with Gasteiger partial charge in [0.2, 0.25) is 0 Å². The first kappa shape index (κ1) is 15.6. The van der Waals surface area contributed by atoms with Gasteiger partial charge in [-0.1, -0.05) is 30.3 Å². The molecule has 0 amide bonds. The molecule has 0 radical (unpaired) electrons. The summed E-state index contributed by atoms with van der Waals surface area (Å²) in [5, 5.41) is 10.0. The van der Waals surface area contributed by atoms with Crippen molar-refractivity contribution in [1.29, 1.82) is 0 Å². The summed E-state index contributed by atoms with van der Waals surface area (Å²) in [4.78, 5) is 12.4. The zero-order valence-electron chi connectivity index (χ0n) is 12.8. The van der Waals surface area contributed by atoms with Crippen molar-refractivity contribution in [2.24, 2.45) is 0 Å². The molecule has 2 aromatic carbocycles. The minimum Gasteiger partial charge on any atom is -0.507 e. The lowest BCUT2D eigenvalue weighted by molar-refractivity contribution is 0.104. The molecule has 0 aliphatic carbocycles. The molecule has 0 aliphatic heterocycles. The van der Waals surface area contributed by atoms with E-state index in [0.29, 0.717) is 5.75 Å². The van der Waals surface area contributed by atoms with E-state index in [2.05, 4.69) is 0 Å². The number of aromatic hydroxyl groups is 1. The molecule has 2 aromatic rings. The number of hydrogen-bond acceptors (Lipinski definition) is 4. The van der Waals surface area contributed by atoms with E-state index in [4.69, 9.17) is 9.47 Å². The molecule has 0 heterocycles. The molecule has 114 valence electrons. The molecule has 0 spiro atoms. The smallest absolute Gasteiger partial charge is 0.193 e. The number of carbonyl (C=O) groups is 1. The number of ether oxygens (including phenoxy) is 2. The molecule has 0 unspecified atom stereocenters. The second-order valence-corrected chi connectivity index (χ2v) is 4.78. The highest BCUT2D eigenvalue weighted by Gasteiger charge is 2.17. The van der Waals surface area contributed by atoms with Crippen molar-refractivity contribution >= 4 is 11.9 Å². The normalized spacial score (nSPS) is 10.7. The van der Waals surface area contributed by atoms with Gasteiger partial charge in [0.1, 0.15) is 22.8 Å². The SMILES string of the molecule is COc1cc(O)c(C(=O)/C=C/c2ccccc2C)c(OC)c1. The van der Waals surface area contributed by atoms with Crippen molar-refractivity contribution in [1.82, 2.24) is 0 Å². The fourth-order valence-electron chi connectivity index (χ4n) is 2.13. The van der Waals surface area contributed by atoms with Crippen LogP contribution in [0.15, 0.2) is 42.5 Å². The van der Waals surface area contributed by atoms with E-state index >= 15 is 0 Å². The molecule has 0 aromatic heterocycles. The van der Waals surface area contributed by atoms with Crippen LogP contribution in [0.4, 0.5) is 0 Å². The van der Waals surface area contributed by atoms with Gasteiger partial charge in [0.25, 0.3) is 0 Å². The van der Waals surface area contributed by atoms with E-state index in [-0.39, 0.29) is 22.8 Å². The van der Waals surface area contributed by atoms with E-state index in [1.165, 1.54) is 26.4 Å². The zero-order valence-corrected chi connectivity index (χ0v) is 12.8. The first-order chi connectivity index (χ1) is 10.6. The van der Waals surface area contributed by atoms with Crippen molar-refractivity contribution < 1.29 is 19.4 Å². The largest absolute Gasteiger partial charge is 0.507 e. The maximum absolute atomic E-state index is 12.4. The Kier molecular flexibility index (Phi) is 4.84. The van der Waals surface area contributed by atoms with Gasteiger partial charge < -0.3 is 14.6 Å². The number of phenols is 1. The Bertz CT molecular complexity index is 717. The number of ketones is 1. The maximum Gasteiger partial charge on any atom is 0.193 e. The average molecular weight is 298 g/mol. The number of hydrogen-bond donors (Lipinski definition) is 1. The van der Waals surface area contributed by atoms with Gasteiger partial charge in [-0.25, -0.2) is 0 Å². The molecule has 2 rings (SSSR count). The number of benzene rings is 2. The maximum atomic E-state index is 12.4. The van der Waals surface area contributed by atoms with Gasteiger partial charge >= 0.3 is 0 Å². The molecule has 1 N–H and O–H groups in total. The van der Waals surface area contributed by atoms with E-state index in [9.17, 15) is 9.90 Å². The van der Waals surface area contributed by atoms with Crippen LogP contribution < -0.4 is 9.47 Å². The van der Waals surface area contributed by atoms with Gasteiger partial charge in [-0.2, -0.15) is 0 Å². The summed E-state index contributed by atoms with van der Waals surface area (Å²) in [7, 11) is 2.92. The van der Waals surface area contributed by atoms with Crippen molar-refractivity contribution in [3.8, 4) is 17.2 Å². The molecule has 0 saturated carbocycles. The Hall–Kier alpha value is -2.75. The summed E-state index contributed by atoms with van der Waals surface area (Å²) in [6, 6.07) is 10.7. The topological polar surface area (TPSA) is 55.8 Å². The zero-order chi connectivity index (χ0) is 16.1. The van der Waals surface area contributed by atoms with Crippen LogP contribution in [0, 0.1) is 6.92 Å². The number of allylic oxidation sites excluding steroid dienone is 1. The molecule has 4 heteroatoms. The molecule has 4 nitrogen and oxygen atoms in total. The molecule has 22 heavy (non-hydrogen) atoms. The molecule has 0 saturated heterocycles. The number of aryl methyl sites for hydroxylation is 1. The van der Waals surface area contributed by atoms with Crippen LogP contribution >= 0.6 is 0 Å². The highest BCUT2D eigenvalue weighted by molar-refractivity contribution is 6.10. The Morgan fingerprint density at radius 3 is 2.50 bits per heavy atom. The van der Waals surface area contributed by atoms with Gasteiger partial charge in [0.05, 0.1) is 14.2 Å². The second kappa shape index (κ2) is 6.80. The number of methoxy groups -OCH3 is 2. The van der Waals surface area contributed by atoms with Gasteiger partial charge in [-0.15, -0.1) is 0 Å². The summed E-state index contributed by atoms with van der Waals surface area (Å²) in [6.07, 6.45) is 3.15. The molecular formula is C18H18O4. The predicted octanol–water partition coefficient (Wildman–Crippen LogP) is 3.61. The van der Waals surface area contributed by atoms with Gasteiger partial charge in [0.15, 0.2) is 5.78 Å². The molecule has 0 aliphatic rings. The van der Waals surface area contributed by atoms with Crippen LogP contribution in [-0.2, 0) is 0 Å². The first-order valence-electron chi connectivity index (χ1n) is 6.80. The van der Waals surface area contributed by atoms with Crippen molar-refractivity contribution in [2.75, 3.05) is 14.2 Å². The van der Waals surface area contributed by atoms with E-state index in [1.54, 1.807) is 12.1 Å². The summed E-state index contributed by atoms with van der Waals surface area (Å²) < 4.78 is 10.2. The lowest BCUT2D eigenvalue weighted by Crippen LogP contribution is -2.00. The fourth-order valence-corrected chi connectivity index (χ4v) is 2.13. The lowest BCUT2D eigenvalue weighted by Gasteiger charge is -2.10. The minimum absolute atomic E-state index is 0.119. The van der Waals surface area contributed by atoms with Crippen LogP contribution in [0.2, 0.25) is 0 Å². The number of rotatable bonds is 5. The third-order valence-corrected chi connectivity index (χ3v) is 3.36. The van der Waals surface area contributed by atoms with E-state index in [1.807, 2.05) is 31.2 Å². The standard InChI is InChI=1S/C18H18O4/c1-12-6-4-5-7-13(12)8-9-15(19)18-16(20)10-14(21-2)11-17(18)22-3/h4-11,20H,1-3H3/b9-8+. The molecule has 0 bridgehead atoms. The Labute approximate surface area is 129 Å². The lowest BCUT2D eigenvalue weighted by atomic mass is 10.0. The average Bonchev–Trinajstić information content (AvgIpc) is 2.52. The third-order valence-electron chi connectivity index (χ3n) is 3.36. The summed E-state index contributed by atoms with van der Waals surface area (Å²) >= 11 is 0. The van der Waals surface area contributed by atoms with Crippen LogP contribution in [0.3, 0.4) is 0 Å². The Morgan fingerprint density at radius 2 is 1.86 bits per heavy atom. The highest BCUT2D eigenvalue weighted by atomic mass is 16.5. The van der Waals surface area contributed by atoms with Crippen LogP contribution in [-0.4, -0.2) is 25.1 Å². The number of carbonyl (C=O) groups excluding carboxylic acids is 1. The Balaban J connectivity index is 2.36. The predicted molar refractivity (Wildman–Crippen MR) is 85.8 cm³/mol. The second-order valence-electron chi connectivity index (χ2n) is 4.78. The van der Waals surface area contributed by atoms with Crippen LogP contribution in [0.25, 0.3) is 6.08 Å². The molecule has 0 fully saturated rings. The van der Waals surface area contributed by atoms with Crippen molar-refractivity contribution in [3.05, 3.63) is 59.2 Å². The van der Waals surface area contributed by atoms with E-state index in [0.717, 1.165) is 11.1 Å². The van der Waals surface area contributed by atoms with Crippen LogP contribution in [0.5, 0.6) is 17.2 Å². The summed E-state index contributed by atoms with van der Waals surface area (Å²) in [5.41, 5.74) is 2.13. The van der Waals surface area contributed by atoms with Gasteiger partial charge in [-0.05, 0) is 24.1 Å². The van der Waals surface area contributed by atoms with Gasteiger partial charge in [-0.3, -0.25) is 4.79 Å². The fraction of sp³-hybridized carbons (Fsp3) is 0.167. The summed E-state index contributed by atoms with van der Waals surface area (Å²) in [5.74, 6) is 0.195. The quantitative estimate of drug-likeness (QED) is 0.676. The molecule has 0 atom stereocenters. The van der Waals surface area contributed by atoms with Gasteiger partial charge in [0, 0.05) is 12.1 Å². The van der Waals surface area contributed by atoms with E-state index < -0.39 is 0 Å². The van der Waals surface area contributed by atoms with Crippen LogP contribution in [0.1, 0.15) is 21.5 Å². The van der Waals surface area contributed by atoms with Crippen molar-refractivity contribution in [3.63, 3.8) is 0 Å². The Morgan fingerprint density at radius 1 is 1.14 bits per heavy atom. The molecular weight excluding hydrogens is 280 g/mol. The monoisotopic (exact) mass is 298 g/mol. The first-order valence-corrected chi connectivity index (χ1v) is 6.80. The van der Waals surface area contributed by atoms with Crippen molar-refractivity contribution in [2.45, 2.75) is 6.92 Å². The minimum atomic E-state index is -0.333. The summed E-state index contributed by atoms with van der Waals surface area (Å²) in [6.45, 7) is 1.97.